The van der Waals surface area contributed by atoms with Gasteiger partial charge in [0.15, 0.2) is 6.19 Å². The second-order valence-electron chi connectivity index (χ2n) is 7.97. The molecule has 3 heterocycles. The Balaban J connectivity index is 1.31. The van der Waals surface area contributed by atoms with Gasteiger partial charge in [-0.25, -0.2) is 0 Å². The maximum atomic E-state index is 9.18. The molecular weight excluding hydrogens is 304 g/mol. The molecule has 4 aliphatic rings. The molecule has 4 fully saturated rings. The fourth-order valence-electron chi connectivity index (χ4n) is 5.17. The zero-order valence-corrected chi connectivity index (χ0v) is 14.9. The van der Waals surface area contributed by atoms with Gasteiger partial charge in [-0.15, -0.1) is 11.8 Å². The maximum absolute atomic E-state index is 9.18. The second kappa shape index (κ2) is 7.21. The normalized spacial score (nSPS) is 39.9. The molecule has 1 N–H and O–H groups in total. The monoisotopic (exact) mass is 334 g/mol. The summed E-state index contributed by atoms with van der Waals surface area (Å²) in [6.07, 6.45) is 12.2. The standard InChI is InChI=1S/C18H30N4S/c19-13-21-8-6-14-7-9-22(12-16(14)11-21)18-20-10-17(23-18)15-4-2-1-3-5-15/h14-18,20H,1-12H2/t14-,16+,17?,18?/m0/s1. The number of likely N-dealkylation sites (tertiary alicyclic amines) is 2. The lowest BCUT2D eigenvalue weighted by Crippen LogP contribution is -2.52. The molecule has 0 spiro atoms. The number of nitrogens with one attached hydrogen (secondary N) is 1. The summed E-state index contributed by atoms with van der Waals surface area (Å²) in [5.74, 6) is 2.51. The Morgan fingerprint density at radius 3 is 2.57 bits per heavy atom. The van der Waals surface area contributed by atoms with Crippen LogP contribution < -0.4 is 5.32 Å². The minimum atomic E-state index is 0.528. The molecule has 0 radical (unpaired) electrons. The highest BCUT2D eigenvalue weighted by Crippen LogP contribution is 2.40. The van der Waals surface area contributed by atoms with Crippen molar-refractivity contribution in [1.29, 1.82) is 5.26 Å². The molecule has 4 atom stereocenters. The van der Waals surface area contributed by atoms with Crippen molar-refractivity contribution in [3.63, 3.8) is 0 Å². The van der Waals surface area contributed by atoms with Crippen molar-refractivity contribution in [1.82, 2.24) is 15.1 Å². The summed E-state index contributed by atoms with van der Waals surface area (Å²) < 4.78 is 0. The third-order valence-electron chi connectivity index (χ3n) is 6.59. The third-order valence-corrected chi connectivity index (χ3v) is 8.22. The van der Waals surface area contributed by atoms with Gasteiger partial charge < -0.3 is 4.90 Å². The van der Waals surface area contributed by atoms with Crippen molar-refractivity contribution in [3.8, 4) is 6.19 Å². The molecule has 1 aliphatic carbocycles. The van der Waals surface area contributed by atoms with E-state index in [1.54, 1.807) is 0 Å². The van der Waals surface area contributed by atoms with Crippen molar-refractivity contribution < 1.29 is 0 Å². The highest BCUT2D eigenvalue weighted by Gasteiger charge is 2.40. The first-order chi connectivity index (χ1) is 11.3. The molecule has 0 aromatic heterocycles. The van der Waals surface area contributed by atoms with Gasteiger partial charge in [-0.1, -0.05) is 19.3 Å². The van der Waals surface area contributed by atoms with E-state index in [2.05, 4.69) is 28.2 Å². The molecule has 0 aromatic rings. The number of rotatable bonds is 2. The fourth-order valence-corrected chi connectivity index (χ4v) is 6.75. The molecule has 2 unspecified atom stereocenters. The van der Waals surface area contributed by atoms with Crippen LogP contribution in [0.1, 0.15) is 44.9 Å². The predicted octanol–water partition coefficient (Wildman–Crippen LogP) is 2.68. The number of hydrogen-bond donors (Lipinski definition) is 1. The Bertz CT molecular complexity index is 445. The molecule has 0 amide bonds. The van der Waals surface area contributed by atoms with Crippen LogP contribution in [0.3, 0.4) is 0 Å². The quantitative estimate of drug-likeness (QED) is 0.787. The molecule has 3 saturated heterocycles. The van der Waals surface area contributed by atoms with Crippen LogP contribution in [0.2, 0.25) is 0 Å². The van der Waals surface area contributed by atoms with Crippen LogP contribution in [0.5, 0.6) is 0 Å². The fraction of sp³-hybridized carbons (Fsp3) is 0.944. The van der Waals surface area contributed by atoms with E-state index >= 15 is 0 Å². The minimum Gasteiger partial charge on any atom is -0.310 e. The SMILES string of the molecule is N#CN1CC[C@H]2CCN(C3NCC(C4CCCCC4)S3)C[C@H]2C1. The Labute approximate surface area is 145 Å². The summed E-state index contributed by atoms with van der Waals surface area (Å²) in [6.45, 7) is 5.61. The van der Waals surface area contributed by atoms with Gasteiger partial charge in [0.25, 0.3) is 0 Å². The lowest BCUT2D eigenvalue weighted by atomic mass is 9.80. The lowest BCUT2D eigenvalue weighted by Gasteiger charge is -2.45. The van der Waals surface area contributed by atoms with Gasteiger partial charge in [-0.3, -0.25) is 10.2 Å². The van der Waals surface area contributed by atoms with Crippen molar-refractivity contribution in [2.75, 3.05) is 32.7 Å². The average molecular weight is 335 g/mol. The van der Waals surface area contributed by atoms with Crippen LogP contribution in [-0.4, -0.2) is 53.3 Å². The summed E-state index contributed by atoms with van der Waals surface area (Å²) in [7, 11) is 0. The van der Waals surface area contributed by atoms with Gasteiger partial charge in [0.05, 0.1) is 0 Å². The number of nitrogens with zero attached hydrogens (tertiary/aromatic N) is 3. The molecule has 0 aromatic carbocycles. The van der Waals surface area contributed by atoms with E-state index in [-0.39, 0.29) is 0 Å². The van der Waals surface area contributed by atoms with Crippen LogP contribution in [0.25, 0.3) is 0 Å². The summed E-state index contributed by atoms with van der Waals surface area (Å²) in [6, 6.07) is 0. The lowest BCUT2D eigenvalue weighted by molar-refractivity contribution is 0.0526. The Kier molecular flexibility index (Phi) is 5.03. The maximum Gasteiger partial charge on any atom is 0.179 e. The zero-order valence-electron chi connectivity index (χ0n) is 14.1. The smallest absolute Gasteiger partial charge is 0.179 e. The van der Waals surface area contributed by atoms with Crippen molar-refractivity contribution in [2.45, 2.75) is 55.7 Å². The van der Waals surface area contributed by atoms with E-state index in [4.69, 9.17) is 0 Å². The van der Waals surface area contributed by atoms with Crippen LogP contribution in [-0.2, 0) is 0 Å². The molecule has 1 saturated carbocycles. The summed E-state index contributed by atoms with van der Waals surface area (Å²) in [4.78, 5) is 4.65. The molecule has 4 nitrogen and oxygen atoms in total. The number of thioether (sulfide) groups is 1. The summed E-state index contributed by atoms with van der Waals surface area (Å²) in [5.41, 5.74) is 0.528. The van der Waals surface area contributed by atoms with Crippen LogP contribution in [0, 0.1) is 29.2 Å². The van der Waals surface area contributed by atoms with Crippen molar-refractivity contribution in [3.05, 3.63) is 0 Å². The number of piperidine rings is 2. The first-order valence-electron chi connectivity index (χ1n) is 9.61. The number of nitriles is 1. The topological polar surface area (TPSA) is 42.3 Å². The largest absolute Gasteiger partial charge is 0.310 e. The zero-order chi connectivity index (χ0) is 15.6. The third kappa shape index (κ3) is 3.50. The predicted molar refractivity (Wildman–Crippen MR) is 94.7 cm³/mol. The van der Waals surface area contributed by atoms with Gasteiger partial charge in [0.2, 0.25) is 0 Å². The van der Waals surface area contributed by atoms with Gasteiger partial charge >= 0.3 is 0 Å². The first-order valence-corrected chi connectivity index (χ1v) is 10.6. The second-order valence-corrected chi connectivity index (χ2v) is 9.30. The molecule has 4 rings (SSSR count). The highest BCUT2D eigenvalue weighted by molar-refractivity contribution is 8.00. The highest BCUT2D eigenvalue weighted by atomic mass is 32.2. The molecule has 3 aliphatic heterocycles. The van der Waals surface area contributed by atoms with E-state index in [9.17, 15) is 5.26 Å². The summed E-state index contributed by atoms with van der Waals surface area (Å²) in [5, 5.41) is 13.8. The number of fused-ring (bicyclic) bond motifs is 1. The molecule has 128 valence electrons. The molecule has 0 bridgehead atoms. The van der Waals surface area contributed by atoms with E-state index in [0.717, 1.165) is 30.2 Å². The van der Waals surface area contributed by atoms with E-state index < -0.39 is 0 Å². The van der Waals surface area contributed by atoms with Crippen LogP contribution >= 0.6 is 11.8 Å². The van der Waals surface area contributed by atoms with Crippen molar-refractivity contribution >= 4 is 11.8 Å². The Morgan fingerprint density at radius 2 is 1.74 bits per heavy atom. The minimum absolute atomic E-state index is 0.528. The Hall–Kier alpha value is -0.440. The van der Waals surface area contributed by atoms with Crippen LogP contribution in [0.15, 0.2) is 0 Å². The molecule has 5 heteroatoms. The number of hydrogen-bond acceptors (Lipinski definition) is 5. The van der Waals surface area contributed by atoms with E-state index in [1.807, 2.05) is 4.90 Å². The van der Waals surface area contributed by atoms with Crippen LogP contribution in [0.4, 0.5) is 0 Å². The average Bonchev–Trinajstić information content (AvgIpc) is 3.11. The van der Waals surface area contributed by atoms with Gasteiger partial charge in [-0.2, -0.15) is 5.26 Å². The van der Waals surface area contributed by atoms with E-state index in [0.29, 0.717) is 11.4 Å². The van der Waals surface area contributed by atoms with Crippen molar-refractivity contribution in [2.24, 2.45) is 17.8 Å². The molecular formula is C18H30N4S. The molecule has 23 heavy (non-hydrogen) atoms. The summed E-state index contributed by atoms with van der Waals surface area (Å²) >= 11 is 2.21. The van der Waals surface area contributed by atoms with Gasteiger partial charge in [0.1, 0.15) is 5.50 Å². The van der Waals surface area contributed by atoms with Gasteiger partial charge in [0, 0.05) is 38.0 Å². The first kappa shape index (κ1) is 16.1. The van der Waals surface area contributed by atoms with E-state index in [1.165, 1.54) is 64.6 Å². The Morgan fingerprint density at radius 1 is 0.913 bits per heavy atom. The van der Waals surface area contributed by atoms with Gasteiger partial charge in [-0.05, 0) is 43.4 Å².